The number of carbonyl (C=O) groups excluding carboxylic acids is 1. The molecule has 2 rings (SSSR count). The quantitative estimate of drug-likeness (QED) is 0.839. The zero-order chi connectivity index (χ0) is 12.3. The number of hydrogen-bond acceptors (Lipinski definition) is 2. The molecule has 1 aliphatic rings. The van der Waals surface area contributed by atoms with Gasteiger partial charge in [-0.2, -0.15) is 0 Å². The fourth-order valence-electron chi connectivity index (χ4n) is 1.77. The second kappa shape index (κ2) is 5.52. The number of hydrogen-bond donors (Lipinski definition) is 2. The maximum absolute atomic E-state index is 11.6. The normalized spacial score (nSPS) is 16.6. The van der Waals surface area contributed by atoms with E-state index in [0.717, 1.165) is 5.56 Å². The van der Waals surface area contributed by atoms with Crippen molar-refractivity contribution in [3.8, 4) is 0 Å². The molecule has 0 aliphatic heterocycles. The SMILES string of the molecule is NC(CNC(=O)Cc1ccc(Cl)cc1)C1CC1. The molecule has 92 valence electrons. The Morgan fingerprint density at radius 1 is 1.41 bits per heavy atom. The van der Waals surface area contributed by atoms with Crippen molar-refractivity contribution >= 4 is 17.5 Å². The molecule has 0 heterocycles. The summed E-state index contributed by atoms with van der Waals surface area (Å²) >= 11 is 5.78. The molecule has 0 bridgehead atoms. The van der Waals surface area contributed by atoms with Crippen molar-refractivity contribution in [2.45, 2.75) is 25.3 Å². The van der Waals surface area contributed by atoms with Crippen LogP contribution in [0.25, 0.3) is 0 Å². The molecule has 1 aliphatic carbocycles. The highest BCUT2D eigenvalue weighted by molar-refractivity contribution is 6.30. The molecule has 1 amide bonds. The first kappa shape index (κ1) is 12.4. The summed E-state index contributed by atoms with van der Waals surface area (Å²) in [7, 11) is 0. The zero-order valence-corrected chi connectivity index (χ0v) is 10.4. The topological polar surface area (TPSA) is 55.1 Å². The van der Waals surface area contributed by atoms with Gasteiger partial charge in [0.2, 0.25) is 5.91 Å². The Morgan fingerprint density at radius 2 is 2.06 bits per heavy atom. The Balaban J connectivity index is 1.74. The number of rotatable bonds is 5. The second-order valence-electron chi connectivity index (χ2n) is 4.61. The van der Waals surface area contributed by atoms with Gasteiger partial charge in [-0.3, -0.25) is 4.79 Å². The van der Waals surface area contributed by atoms with E-state index in [1.165, 1.54) is 12.8 Å². The van der Waals surface area contributed by atoms with Gasteiger partial charge in [0.05, 0.1) is 6.42 Å². The third kappa shape index (κ3) is 4.02. The predicted molar refractivity (Wildman–Crippen MR) is 68.9 cm³/mol. The van der Waals surface area contributed by atoms with Gasteiger partial charge in [-0.25, -0.2) is 0 Å². The van der Waals surface area contributed by atoms with Crippen molar-refractivity contribution in [3.63, 3.8) is 0 Å². The van der Waals surface area contributed by atoms with Gasteiger partial charge >= 0.3 is 0 Å². The number of carbonyl (C=O) groups is 1. The van der Waals surface area contributed by atoms with Gasteiger partial charge in [0.15, 0.2) is 0 Å². The molecular formula is C13H17ClN2O. The van der Waals surface area contributed by atoms with E-state index >= 15 is 0 Å². The first-order valence-electron chi connectivity index (χ1n) is 5.92. The minimum Gasteiger partial charge on any atom is -0.354 e. The summed E-state index contributed by atoms with van der Waals surface area (Å²) in [6, 6.07) is 7.43. The molecule has 17 heavy (non-hydrogen) atoms. The van der Waals surface area contributed by atoms with Gasteiger partial charge in [0.25, 0.3) is 0 Å². The molecule has 0 spiro atoms. The van der Waals surface area contributed by atoms with Crippen LogP contribution < -0.4 is 11.1 Å². The highest BCUT2D eigenvalue weighted by atomic mass is 35.5. The monoisotopic (exact) mass is 252 g/mol. The Hall–Kier alpha value is -1.06. The average molecular weight is 253 g/mol. The molecule has 0 saturated heterocycles. The van der Waals surface area contributed by atoms with Crippen molar-refractivity contribution in [1.82, 2.24) is 5.32 Å². The molecule has 0 radical (unpaired) electrons. The highest BCUT2D eigenvalue weighted by Gasteiger charge is 2.28. The molecule has 1 unspecified atom stereocenters. The van der Waals surface area contributed by atoms with Crippen LogP contribution in [0.1, 0.15) is 18.4 Å². The lowest BCUT2D eigenvalue weighted by Crippen LogP contribution is -2.39. The maximum Gasteiger partial charge on any atom is 0.224 e. The zero-order valence-electron chi connectivity index (χ0n) is 9.66. The molecule has 1 fully saturated rings. The van der Waals surface area contributed by atoms with Gasteiger partial charge in [-0.1, -0.05) is 23.7 Å². The fraction of sp³-hybridized carbons (Fsp3) is 0.462. The third-order valence-electron chi connectivity index (χ3n) is 3.04. The number of nitrogens with two attached hydrogens (primary N) is 1. The Labute approximate surface area is 106 Å². The van der Waals surface area contributed by atoms with Crippen molar-refractivity contribution in [3.05, 3.63) is 34.9 Å². The number of benzene rings is 1. The summed E-state index contributed by atoms with van der Waals surface area (Å²) in [4.78, 5) is 11.6. The molecule has 4 heteroatoms. The minimum absolute atomic E-state index is 0.0171. The van der Waals surface area contributed by atoms with Crippen LogP contribution in [0, 0.1) is 5.92 Å². The van der Waals surface area contributed by atoms with Crippen LogP contribution in [0.2, 0.25) is 5.02 Å². The molecule has 0 aromatic heterocycles. The summed E-state index contributed by atoms with van der Waals surface area (Å²) in [6.45, 7) is 0.580. The van der Waals surface area contributed by atoms with Gasteiger partial charge in [-0.15, -0.1) is 0 Å². The van der Waals surface area contributed by atoms with E-state index in [4.69, 9.17) is 17.3 Å². The van der Waals surface area contributed by atoms with Crippen LogP contribution >= 0.6 is 11.6 Å². The lowest BCUT2D eigenvalue weighted by molar-refractivity contribution is -0.120. The van der Waals surface area contributed by atoms with E-state index in [1.807, 2.05) is 12.1 Å². The van der Waals surface area contributed by atoms with Gasteiger partial charge in [0.1, 0.15) is 0 Å². The van der Waals surface area contributed by atoms with Crippen LogP contribution in [0.5, 0.6) is 0 Å². The smallest absolute Gasteiger partial charge is 0.224 e. The molecule has 3 nitrogen and oxygen atoms in total. The lowest BCUT2D eigenvalue weighted by Gasteiger charge is -2.11. The molecule has 3 N–H and O–H groups in total. The molecule has 1 atom stereocenters. The van der Waals surface area contributed by atoms with E-state index in [2.05, 4.69) is 5.32 Å². The van der Waals surface area contributed by atoms with Crippen LogP contribution in [-0.4, -0.2) is 18.5 Å². The lowest BCUT2D eigenvalue weighted by atomic mass is 10.1. The van der Waals surface area contributed by atoms with Crippen molar-refractivity contribution in [2.75, 3.05) is 6.54 Å². The van der Waals surface area contributed by atoms with E-state index < -0.39 is 0 Å². The Morgan fingerprint density at radius 3 is 2.65 bits per heavy atom. The van der Waals surface area contributed by atoms with Crippen molar-refractivity contribution in [1.29, 1.82) is 0 Å². The average Bonchev–Trinajstić information content (AvgIpc) is 3.13. The highest BCUT2D eigenvalue weighted by Crippen LogP contribution is 2.31. The summed E-state index contributed by atoms with van der Waals surface area (Å²) in [5.41, 5.74) is 6.87. The van der Waals surface area contributed by atoms with Crippen LogP contribution in [0.15, 0.2) is 24.3 Å². The number of amides is 1. The largest absolute Gasteiger partial charge is 0.354 e. The molecule has 1 saturated carbocycles. The van der Waals surface area contributed by atoms with Crippen molar-refractivity contribution < 1.29 is 4.79 Å². The Bertz CT molecular complexity index is 387. The Kier molecular flexibility index (Phi) is 4.02. The maximum atomic E-state index is 11.6. The van der Waals surface area contributed by atoms with E-state index in [9.17, 15) is 4.79 Å². The van der Waals surface area contributed by atoms with Gasteiger partial charge < -0.3 is 11.1 Å². The predicted octanol–water partition coefficient (Wildman–Crippen LogP) is 1.74. The third-order valence-corrected chi connectivity index (χ3v) is 3.29. The first-order chi connectivity index (χ1) is 8.15. The summed E-state index contributed by atoms with van der Waals surface area (Å²) in [6.07, 6.45) is 2.79. The molecule has 1 aromatic carbocycles. The minimum atomic E-state index is 0.0171. The van der Waals surface area contributed by atoms with Crippen LogP contribution in [-0.2, 0) is 11.2 Å². The van der Waals surface area contributed by atoms with E-state index in [1.54, 1.807) is 12.1 Å². The van der Waals surface area contributed by atoms with Crippen LogP contribution in [0.3, 0.4) is 0 Å². The summed E-state index contributed by atoms with van der Waals surface area (Å²) in [5, 5.41) is 3.56. The number of nitrogens with one attached hydrogen (secondary N) is 1. The number of halogens is 1. The summed E-state index contributed by atoms with van der Waals surface area (Å²) in [5.74, 6) is 0.634. The van der Waals surface area contributed by atoms with Crippen molar-refractivity contribution in [2.24, 2.45) is 11.7 Å². The van der Waals surface area contributed by atoms with Crippen LogP contribution in [0.4, 0.5) is 0 Å². The second-order valence-corrected chi connectivity index (χ2v) is 5.05. The van der Waals surface area contributed by atoms with Gasteiger partial charge in [0, 0.05) is 17.6 Å². The van der Waals surface area contributed by atoms with E-state index in [-0.39, 0.29) is 11.9 Å². The molecular weight excluding hydrogens is 236 g/mol. The standard InChI is InChI=1S/C13H17ClN2O/c14-11-5-1-9(2-6-11)7-13(17)16-8-12(15)10-3-4-10/h1-2,5-6,10,12H,3-4,7-8,15H2,(H,16,17). The first-order valence-corrected chi connectivity index (χ1v) is 6.29. The van der Waals surface area contributed by atoms with Gasteiger partial charge in [-0.05, 0) is 36.5 Å². The summed E-state index contributed by atoms with van der Waals surface area (Å²) < 4.78 is 0. The molecule has 1 aromatic rings. The fourth-order valence-corrected chi connectivity index (χ4v) is 1.90. The van der Waals surface area contributed by atoms with E-state index in [0.29, 0.717) is 23.9 Å².